The first-order chi connectivity index (χ1) is 8.79. The van der Waals surface area contributed by atoms with Gasteiger partial charge in [-0.3, -0.25) is 4.72 Å². The van der Waals surface area contributed by atoms with Gasteiger partial charge in [0.2, 0.25) is 0 Å². The summed E-state index contributed by atoms with van der Waals surface area (Å²) in [6.07, 6.45) is 0. The second-order valence-electron chi connectivity index (χ2n) is 4.36. The third-order valence-electron chi connectivity index (χ3n) is 2.43. The Balaban J connectivity index is 2.25. The Bertz CT molecular complexity index is 669. The molecule has 0 bridgehead atoms. The Labute approximate surface area is 129 Å². The van der Waals surface area contributed by atoms with Crippen LogP contribution in [0.5, 0.6) is 0 Å². The van der Waals surface area contributed by atoms with Crippen LogP contribution in [0.1, 0.15) is 31.0 Å². The Kier molecular flexibility index (Phi) is 4.34. The smallest absolute Gasteiger partial charge is 0.254 e. The van der Waals surface area contributed by atoms with Gasteiger partial charge in [-0.2, -0.15) is 0 Å². The minimum Gasteiger partial charge on any atom is -0.254 e. The lowest BCUT2D eigenvalue weighted by atomic mass is 10.2. The second kappa shape index (κ2) is 5.51. The van der Waals surface area contributed by atoms with Crippen LogP contribution in [-0.4, -0.2) is 13.4 Å². The number of halogens is 1. The molecule has 0 amide bonds. The van der Waals surface area contributed by atoms with Crippen molar-refractivity contribution in [3.63, 3.8) is 0 Å². The zero-order valence-corrected chi connectivity index (χ0v) is 14.6. The summed E-state index contributed by atoms with van der Waals surface area (Å²) in [6.45, 7) is 5.90. The molecule has 0 atom stereocenters. The van der Waals surface area contributed by atoms with E-state index >= 15 is 0 Å². The average Bonchev–Trinajstić information content (AvgIpc) is 2.87. The molecule has 0 radical (unpaired) electrons. The van der Waals surface area contributed by atoms with Crippen LogP contribution in [-0.2, 0) is 10.0 Å². The fourth-order valence-corrected chi connectivity index (χ4v) is 5.68. The van der Waals surface area contributed by atoms with E-state index in [2.05, 4.69) is 25.6 Å². The summed E-state index contributed by atoms with van der Waals surface area (Å²) < 4.78 is 28.0. The monoisotopic (exact) mass is 380 g/mol. The quantitative estimate of drug-likeness (QED) is 0.864. The largest absolute Gasteiger partial charge is 0.273 e. The fraction of sp³-hybridized carbons (Fsp3) is 0.364. The number of nitrogens with one attached hydrogen (secondary N) is 1. The number of hydrogen-bond acceptors (Lipinski definition) is 5. The molecule has 2 aromatic rings. The van der Waals surface area contributed by atoms with Gasteiger partial charge in [0.25, 0.3) is 10.0 Å². The van der Waals surface area contributed by atoms with Gasteiger partial charge >= 0.3 is 0 Å². The Morgan fingerprint density at radius 3 is 2.58 bits per heavy atom. The molecule has 8 heteroatoms. The van der Waals surface area contributed by atoms with Gasteiger partial charge in [-0.15, -0.1) is 22.7 Å². The highest BCUT2D eigenvalue weighted by molar-refractivity contribution is 9.11. The molecule has 2 heterocycles. The number of nitrogens with zero attached hydrogens (tertiary/aromatic N) is 1. The molecule has 4 nitrogen and oxygen atoms in total. The van der Waals surface area contributed by atoms with Gasteiger partial charge in [-0.05, 0) is 40.4 Å². The lowest BCUT2D eigenvalue weighted by Crippen LogP contribution is -2.11. The lowest BCUT2D eigenvalue weighted by Gasteiger charge is -2.02. The molecular weight excluding hydrogens is 368 g/mol. The number of aromatic nitrogens is 1. The first-order valence-corrected chi connectivity index (χ1v) is 9.51. The number of hydrogen-bond donors (Lipinski definition) is 1. The maximum absolute atomic E-state index is 12.2. The molecule has 0 saturated carbocycles. The first-order valence-electron chi connectivity index (χ1n) is 5.54. The van der Waals surface area contributed by atoms with Crippen molar-refractivity contribution < 1.29 is 8.42 Å². The molecule has 2 rings (SSSR count). The van der Waals surface area contributed by atoms with E-state index in [4.69, 9.17) is 0 Å². The maximum atomic E-state index is 12.2. The molecule has 1 N–H and O–H groups in total. The number of thiophene rings is 1. The molecule has 0 fully saturated rings. The van der Waals surface area contributed by atoms with Gasteiger partial charge in [0.1, 0.15) is 4.21 Å². The van der Waals surface area contributed by atoms with Gasteiger partial charge in [-0.1, -0.05) is 13.8 Å². The van der Waals surface area contributed by atoms with Crippen molar-refractivity contribution in [3.05, 3.63) is 26.5 Å². The SMILES string of the molecule is Cc1cc(S(=O)(=O)Nc2nc(C(C)C)cs2)sc1Br. The Morgan fingerprint density at radius 1 is 1.42 bits per heavy atom. The summed E-state index contributed by atoms with van der Waals surface area (Å²) in [5.41, 5.74) is 1.80. The Morgan fingerprint density at radius 2 is 2.11 bits per heavy atom. The van der Waals surface area contributed by atoms with E-state index in [0.717, 1.165) is 15.0 Å². The summed E-state index contributed by atoms with van der Waals surface area (Å²) in [6, 6.07) is 1.65. The number of aryl methyl sites for hydroxylation is 1. The minimum atomic E-state index is -3.54. The van der Waals surface area contributed by atoms with Gasteiger partial charge < -0.3 is 0 Å². The lowest BCUT2D eigenvalue weighted by molar-refractivity contribution is 0.603. The summed E-state index contributed by atoms with van der Waals surface area (Å²) >= 11 is 5.83. The third-order valence-corrected chi connectivity index (χ3v) is 7.29. The van der Waals surface area contributed by atoms with Crippen LogP contribution in [0.3, 0.4) is 0 Å². The standard InChI is InChI=1S/C11H13BrN2O2S3/c1-6(2)8-5-17-11(13-8)14-19(15,16)9-4-7(3)10(12)18-9/h4-6H,1-3H3,(H,13,14). The van der Waals surface area contributed by atoms with Crippen molar-refractivity contribution in [2.75, 3.05) is 4.72 Å². The average molecular weight is 381 g/mol. The number of sulfonamides is 1. The van der Waals surface area contributed by atoms with Crippen LogP contribution in [0.2, 0.25) is 0 Å². The van der Waals surface area contributed by atoms with E-state index in [9.17, 15) is 8.42 Å². The summed E-state index contributed by atoms with van der Waals surface area (Å²) in [5.74, 6) is 0.285. The topological polar surface area (TPSA) is 59.1 Å². The highest BCUT2D eigenvalue weighted by Crippen LogP contribution is 2.32. The maximum Gasteiger partial charge on any atom is 0.273 e. The van der Waals surface area contributed by atoms with Crippen molar-refractivity contribution in [3.8, 4) is 0 Å². The predicted octanol–water partition coefficient (Wildman–Crippen LogP) is 4.20. The number of thiazole rings is 1. The van der Waals surface area contributed by atoms with E-state index in [-0.39, 0.29) is 10.1 Å². The molecule has 2 aromatic heterocycles. The molecule has 0 unspecified atom stereocenters. The van der Waals surface area contributed by atoms with E-state index in [1.807, 2.05) is 26.2 Å². The van der Waals surface area contributed by atoms with Crippen LogP contribution in [0.4, 0.5) is 5.13 Å². The highest BCUT2D eigenvalue weighted by atomic mass is 79.9. The normalized spacial score (nSPS) is 12.1. The van der Waals surface area contributed by atoms with E-state index < -0.39 is 10.0 Å². The van der Waals surface area contributed by atoms with E-state index in [1.54, 1.807) is 6.07 Å². The van der Waals surface area contributed by atoms with Crippen molar-refractivity contribution in [2.45, 2.75) is 30.9 Å². The van der Waals surface area contributed by atoms with Crippen LogP contribution >= 0.6 is 38.6 Å². The van der Waals surface area contributed by atoms with Crippen molar-refractivity contribution in [1.29, 1.82) is 0 Å². The molecule has 0 saturated heterocycles. The van der Waals surface area contributed by atoms with Crippen LogP contribution in [0.15, 0.2) is 19.4 Å². The highest BCUT2D eigenvalue weighted by Gasteiger charge is 2.20. The zero-order chi connectivity index (χ0) is 14.2. The molecular formula is C11H13BrN2O2S3. The summed E-state index contributed by atoms with van der Waals surface area (Å²) in [4.78, 5) is 4.27. The number of anilines is 1. The molecule has 0 aromatic carbocycles. The van der Waals surface area contributed by atoms with Gasteiger partial charge in [-0.25, -0.2) is 13.4 Å². The molecule has 0 spiro atoms. The molecule has 0 aliphatic rings. The molecule has 0 aliphatic heterocycles. The molecule has 19 heavy (non-hydrogen) atoms. The second-order valence-corrected chi connectivity index (χ2v) is 9.50. The van der Waals surface area contributed by atoms with Crippen LogP contribution < -0.4 is 4.72 Å². The molecule has 0 aliphatic carbocycles. The predicted molar refractivity (Wildman–Crippen MR) is 83.8 cm³/mol. The zero-order valence-electron chi connectivity index (χ0n) is 10.6. The number of rotatable bonds is 4. The van der Waals surface area contributed by atoms with E-state index in [0.29, 0.717) is 5.13 Å². The van der Waals surface area contributed by atoms with Crippen molar-refractivity contribution >= 4 is 53.8 Å². The fourth-order valence-electron chi connectivity index (χ4n) is 1.33. The summed E-state index contributed by atoms with van der Waals surface area (Å²) in [5, 5.41) is 2.28. The van der Waals surface area contributed by atoms with Gasteiger partial charge in [0.15, 0.2) is 5.13 Å². The first kappa shape index (κ1) is 15.0. The van der Waals surface area contributed by atoms with Crippen molar-refractivity contribution in [1.82, 2.24) is 4.98 Å². The van der Waals surface area contributed by atoms with Crippen molar-refractivity contribution in [2.24, 2.45) is 0 Å². The minimum absolute atomic E-state index is 0.285. The van der Waals surface area contributed by atoms with Gasteiger partial charge in [0.05, 0.1) is 9.48 Å². The van der Waals surface area contributed by atoms with Crippen LogP contribution in [0, 0.1) is 6.92 Å². The summed E-state index contributed by atoms with van der Waals surface area (Å²) in [7, 11) is -3.54. The van der Waals surface area contributed by atoms with Crippen LogP contribution in [0.25, 0.3) is 0 Å². The van der Waals surface area contributed by atoms with Gasteiger partial charge in [0, 0.05) is 5.38 Å². The molecule has 104 valence electrons. The van der Waals surface area contributed by atoms with E-state index in [1.165, 1.54) is 22.7 Å². The Hall–Kier alpha value is -0.440. The third kappa shape index (κ3) is 3.36.